The van der Waals surface area contributed by atoms with Crippen molar-refractivity contribution in [3.05, 3.63) is 48.5 Å². The van der Waals surface area contributed by atoms with Gasteiger partial charge in [0, 0.05) is 48.8 Å². The second-order valence-electron chi connectivity index (χ2n) is 6.90. The third-order valence-corrected chi connectivity index (χ3v) is 4.72. The van der Waals surface area contributed by atoms with Crippen LogP contribution in [0.15, 0.2) is 48.5 Å². The first kappa shape index (κ1) is 19.0. The molecule has 1 aliphatic rings. The number of hydrogen-bond acceptors (Lipinski definition) is 5. The fourth-order valence-corrected chi connectivity index (χ4v) is 3.35. The number of rotatable bonds is 7. The summed E-state index contributed by atoms with van der Waals surface area (Å²) in [6.45, 7) is 5.10. The molecule has 6 nitrogen and oxygen atoms in total. The molecule has 0 aromatic heterocycles. The van der Waals surface area contributed by atoms with Gasteiger partial charge in [-0.15, -0.1) is 0 Å². The fourth-order valence-electron chi connectivity index (χ4n) is 3.35. The minimum absolute atomic E-state index is 0.0191. The maximum atomic E-state index is 12.3. The van der Waals surface area contributed by atoms with Crippen LogP contribution in [0.4, 0.5) is 17.1 Å². The van der Waals surface area contributed by atoms with Crippen LogP contribution in [0.25, 0.3) is 0 Å². The van der Waals surface area contributed by atoms with Gasteiger partial charge >= 0.3 is 0 Å². The summed E-state index contributed by atoms with van der Waals surface area (Å²) in [5.74, 6) is 0.290. The maximum Gasteiger partial charge on any atom is 0.238 e. The van der Waals surface area contributed by atoms with Crippen LogP contribution in [0.1, 0.15) is 19.8 Å². The average Bonchev–Trinajstić information content (AvgIpc) is 2.65. The summed E-state index contributed by atoms with van der Waals surface area (Å²) in [7, 11) is 0. The summed E-state index contributed by atoms with van der Waals surface area (Å²) < 4.78 is 0. The fraction of sp³-hybridized carbons (Fsp3) is 0.381. The van der Waals surface area contributed by atoms with Crippen molar-refractivity contribution in [3.8, 4) is 5.75 Å². The van der Waals surface area contributed by atoms with Crippen LogP contribution in [0.5, 0.6) is 5.75 Å². The van der Waals surface area contributed by atoms with E-state index in [0.717, 1.165) is 49.5 Å². The number of aromatic hydroxyl groups is 1. The molecule has 1 amide bonds. The lowest BCUT2D eigenvalue weighted by Gasteiger charge is -2.32. The molecule has 27 heavy (non-hydrogen) atoms. The van der Waals surface area contributed by atoms with Crippen LogP contribution in [-0.2, 0) is 4.79 Å². The molecule has 2 aromatic rings. The third kappa shape index (κ3) is 5.89. The van der Waals surface area contributed by atoms with Crippen LogP contribution in [-0.4, -0.2) is 48.1 Å². The van der Waals surface area contributed by atoms with Gasteiger partial charge in [-0.3, -0.25) is 9.69 Å². The van der Waals surface area contributed by atoms with E-state index in [0.29, 0.717) is 12.6 Å². The number of anilines is 3. The van der Waals surface area contributed by atoms with Crippen molar-refractivity contribution in [2.75, 3.05) is 42.1 Å². The van der Waals surface area contributed by atoms with Gasteiger partial charge in [-0.1, -0.05) is 6.07 Å². The zero-order chi connectivity index (χ0) is 19.1. The van der Waals surface area contributed by atoms with Crippen LogP contribution < -0.4 is 16.0 Å². The first-order chi connectivity index (χ1) is 13.1. The molecule has 0 bridgehead atoms. The zero-order valence-corrected chi connectivity index (χ0v) is 15.7. The molecular formula is C21H28N4O2. The first-order valence-corrected chi connectivity index (χ1v) is 9.54. The van der Waals surface area contributed by atoms with Crippen LogP contribution in [0.3, 0.4) is 0 Å². The monoisotopic (exact) mass is 368 g/mol. The second-order valence-corrected chi connectivity index (χ2v) is 6.90. The molecule has 0 radical (unpaired) electrons. The highest BCUT2D eigenvalue weighted by Crippen LogP contribution is 2.20. The molecule has 1 heterocycles. The number of nitrogens with zero attached hydrogens (tertiary/aromatic N) is 1. The van der Waals surface area contributed by atoms with Gasteiger partial charge in [0.05, 0.1) is 6.54 Å². The predicted molar refractivity (Wildman–Crippen MR) is 110 cm³/mol. The van der Waals surface area contributed by atoms with Crippen LogP contribution in [0, 0.1) is 0 Å². The smallest absolute Gasteiger partial charge is 0.238 e. The van der Waals surface area contributed by atoms with Crippen molar-refractivity contribution < 1.29 is 9.90 Å². The highest BCUT2D eigenvalue weighted by atomic mass is 16.3. The van der Waals surface area contributed by atoms with Crippen molar-refractivity contribution in [1.29, 1.82) is 0 Å². The lowest BCUT2D eigenvalue weighted by atomic mass is 10.0. The molecule has 0 atom stereocenters. The van der Waals surface area contributed by atoms with Crippen LogP contribution >= 0.6 is 0 Å². The molecule has 1 aliphatic heterocycles. The minimum Gasteiger partial charge on any atom is -0.508 e. The minimum atomic E-state index is 0.0191. The Balaban J connectivity index is 1.41. The van der Waals surface area contributed by atoms with E-state index in [1.54, 1.807) is 12.1 Å². The summed E-state index contributed by atoms with van der Waals surface area (Å²) in [5.41, 5.74) is 2.81. The largest absolute Gasteiger partial charge is 0.508 e. The van der Waals surface area contributed by atoms with Gasteiger partial charge in [-0.2, -0.15) is 0 Å². The standard InChI is InChI=1S/C21H28N4O2/c1-2-22-16-6-8-17(9-7-16)24-21(27)15-25-12-10-18(11-13-25)23-19-4-3-5-20(26)14-19/h3-9,14,18,22-23,26H,2,10-13,15H2,1H3,(H,24,27). The lowest BCUT2D eigenvalue weighted by molar-refractivity contribution is -0.117. The van der Waals surface area contributed by atoms with E-state index in [4.69, 9.17) is 0 Å². The maximum absolute atomic E-state index is 12.3. The van der Waals surface area contributed by atoms with Gasteiger partial charge in [0.25, 0.3) is 0 Å². The normalized spacial score (nSPS) is 15.3. The number of piperidine rings is 1. The molecule has 0 aliphatic carbocycles. The number of carbonyl (C=O) groups is 1. The highest BCUT2D eigenvalue weighted by molar-refractivity contribution is 5.92. The molecule has 4 N–H and O–H groups in total. The molecule has 3 rings (SSSR count). The van der Waals surface area contributed by atoms with Gasteiger partial charge in [0.1, 0.15) is 5.75 Å². The van der Waals surface area contributed by atoms with Gasteiger partial charge in [0.2, 0.25) is 5.91 Å². The summed E-state index contributed by atoms with van der Waals surface area (Å²) in [4.78, 5) is 14.5. The number of benzene rings is 2. The average molecular weight is 368 g/mol. The van der Waals surface area contributed by atoms with E-state index in [1.165, 1.54) is 0 Å². The Kier molecular flexibility index (Phi) is 6.54. The zero-order valence-electron chi connectivity index (χ0n) is 15.7. The SMILES string of the molecule is CCNc1ccc(NC(=O)CN2CCC(Nc3cccc(O)c3)CC2)cc1. The number of amides is 1. The van der Waals surface area contributed by atoms with E-state index in [9.17, 15) is 9.90 Å². The Hall–Kier alpha value is -2.73. The van der Waals surface area contributed by atoms with E-state index in [-0.39, 0.29) is 11.7 Å². The molecule has 0 spiro atoms. The van der Waals surface area contributed by atoms with Crippen molar-refractivity contribution >= 4 is 23.0 Å². The van der Waals surface area contributed by atoms with E-state index < -0.39 is 0 Å². The van der Waals surface area contributed by atoms with Gasteiger partial charge in [-0.05, 0) is 56.2 Å². The van der Waals surface area contributed by atoms with Crippen molar-refractivity contribution in [1.82, 2.24) is 4.90 Å². The summed E-state index contributed by atoms with van der Waals surface area (Å²) >= 11 is 0. The van der Waals surface area contributed by atoms with E-state index in [2.05, 4.69) is 27.8 Å². The molecule has 6 heteroatoms. The summed E-state index contributed by atoms with van der Waals surface area (Å²) in [6.07, 6.45) is 1.95. The second kappa shape index (κ2) is 9.28. The molecule has 2 aromatic carbocycles. The molecule has 144 valence electrons. The number of likely N-dealkylation sites (tertiary alicyclic amines) is 1. The first-order valence-electron chi connectivity index (χ1n) is 9.54. The summed E-state index contributed by atoms with van der Waals surface area (Å²) in [6, 6.07) is 15.3. The Morgan fingerprint density at radius 2 is 1.78 bits per heavy atom. The molecular weight excluding hydrogens is 340 g/mol. The lowest BCUT2D eigenvalue weighted by Crippen LogP contribution is -2.42. The Bertz CT molecular complexity index is 740. The van der Waals surface area contributed by atoms with Crippen LogP contribution in [0.2, 0.25) is 0 Å². The Morgan fingerprint density at radius 1 is 1.07 bits per heavy atom. The number of phenols is 1. The number of phenolic OH excluding ortho intramolecular Hbond substituents is 1. The highest BCUT2D eigenvalue weighted by Gasteiger charge is 2.20. The molecule has 0 saturated carbocycles. The summed E-state index contributed by atoms with van der Waals surface area (Å²) in [5, 5.41) is 19.2. The topological polar surface area (TPSA) is 76.6 Å². The number of hydrogen-bond donors (Lipinski definition) is 4. The quantitative estimate of drug-likeness (QED) is 0.603. The van der Waals surface area contributed by atoms with E-state index >= 15 is 0 Å². The van der Waals surface area contributed by atoms with Gasteiger partial charge in [-0.25, -0.2) is 0 Å². The van der Waals surface area contributed by atoms with Crippen molar-refractivity contribution in [2.24, 2.45) is 0 Å². The Labute approximate surface area is 160 Å². The molecule has 1 fully saturated rings. The third-order valence-electron chi connectivity index (χ3n) is 4.72. The Morgan fingerprint density at radius 3 is 2.44 bits per heavy atom. The van der Waals surface area contributed by atoms with Gasteiger partial charge in [0.15, 0.2) is 0 Å². The number of carbonyl (C=O) groups excluding carboxylic acids is 1. The molecule has 0 unspecified atom stereocenters. The van der Waals surface area contributed by atoms with E-state index in [1.807, 2.05) is 36.4 Å². The van der Waals surface area contributed by atoms with Crippen molar-refractivity contribution in [2.45, 2.75) is 25.8 Å². The number of nitrogens with one attached hydrogen (secondary N) is 3. The van der Waals surface area contributed by atoms with Crippen molar-refractivity contribution in [3.63, 3.8) is 0 Å². The molecule has 1 saturated heterocycles. The predicted octanol–water partition coefficient (Wildman–Crippen LogP) is 3.34. The van der Waals surface area contributed by atoms with Gasteiger partial charge < -0.3 is 21.1 Å².